The van der Waals surface area contributed by atoms with Crippen LogP contribution in [0.1, 0.15) is 0 Å². The van der Waals surface area contributed by atoms with E-state index in [2.05, 4.69) is 21.3 Å². The first-order valence-electron chi connectivity index (χ1n) is 9.88. The van der Waals surface area contributed by atoms with Crippen molar-refractivity contribution in [1.82, 2.24) is 0 Å². The van der Waals surface area contributed by atoms with Gasteiger partial charge in [-0.3, -0.25) is 0 Å². The van der Waals surface area contributed by atoms with E-state index in [1.54, 1.807) is 60.7 Å². The molecule has 0 bridgehead atoms. The molecule has 0 saturated carbocycles. The summed E-state index contributed by atoms with van der Waals surface area (Å²) >= 11 is 23.8. The molecule has 10 heteroatoms. The molecule has 0 fully saturated rings. The average Bonchev–Trinajstić information content (AvgIpc) is 2.79. The van der Waals surface area contributed by atoms with E-state index in [0.717, 1.165) is 10.8 Å². The summed E-state index contributed by atoms with van der Waals surface area (Å²) in [4.78, 5) is 25.1. The predicted molar refractivity (Wildman–Crippen MR) is 142 cm³/mol. The quantitative estimate of drug-likeness (QED) is 0.211. The van der Waals surface area contributed by atoms with E-state index in [4.69, 9.17) is 46.4 Å². The lowest BCUT2D eigenvalue weighted by molar-refractivity contribution is 0.261. The predicted octanol–water partition coefficient (Wildman–Crippen LogP) is 8.74. The molecule has 4 amide bonds. The van der Waals surface area contributed by atoms with Gasteiger partial charge in [-0.05, 0) is 48.5 Å². The molecule has 172 valence electrons. The van der Waals surface area contributed by atoms with Crippen LogP contribution in [0.2, 0.25) is 20.1 Å². The minimum Gasteiger partial charge on any atom is -0.308 e. The number of carbonyl (C=O) groups excluding carboxylic acids is 2. The lowest BCUT2D eigenvalue weighted by atomic mass is 10.1. The standard InChI is InChI=1S/C24H16Cl4N4O2/c25-17-9-7-13(11-19(17)27)29-23(33)31-21-5-1-3-15-16(21)4-2-6-22(15)32-24(34)30-14-8-10-18(26)20(28)12-14/h1-12H,(H2,29,31,33)(H2,30,32,34). The van der Waals surface area contributed by atoms with E-state index in [-0.39, 0.29) is 0 Å². The summed E-state index contributed by atoms with van der Waals surface area (Å²) in [5.74, 6) is 0. The Morgan fingerprint density at radius 3 is 1.29 bits per heavy atom. The molecule has 4 aromatic carbocycles. The summed E-state index contributed by atoms with van der Waals surface area (Å²) in [6, 6.07) is 19.4. The van der Waals surface area contributed by atoms with Crippen molar-refractivity contribution < 1.29 is 9.59 Å². The second-order valence-corrected chi connectivity index (χ2v) is 8.75. The van der Waals surface area contributed by atoms with E-state index in [1.807, 2.05) is 12.1 Å². The van der Waals surface area contributed by atoms with Crippen molar-refractivity contribution in [2.45, 2.75) is 0 Å². The van der Waals surface area contributed by atoms with Crippen molar-refractivity contribution in [3.63, 3.8) is 0 Å². The van der Waals surface area contributed by atoms with E-state index < -0.39 is 12.1 Å². The average molecular weight is 534 g/mol. The van der Waals surface area contributed by atoms with E-state index in [1.165, 1.54) is 0 Å². The van der Waals surface area contributed by atoms with Crippen LogP contribution >= 0.6 is 46.4 Å². The zero-order valence-electron chi connectivity index (χ0n) is 17.3. The number of hydrogen-bond donors (Lipinski definition) is 4. The number of anilines is 4. The summed E-state index contributed by atoms with van der Waals surface area (Å²) in [6.07, 6.45) is 0. The third-order valence-electron chi connectivity index (χ3n) is 4.77. The Morgan fingerprint density at radius 2 is 0.912 bits per heavy atom. The van der Waals surface area contributed by atoms with Crippen LogP contribution in [0.25, 0.3) is 10.8 Å². The fourth-order valence-electron chi connectivity index (χ4n) is 3.25. The molecule has 4 rings (SSSR count). The van der Waals surface area contributed by atoms with Gasteiger partial charge in [-0.25, -0.2) is 9.59 Å². The molecule has 4 aromatic rings. The van der Waals surface area contributed by atoms with Gasteiger partial charge < -0.3 is 21.3 Å². The van der Waals surface area contributed by atoms with Crippen LogP contribution in [0.5, 0.6) is 0 Å². The highest BCUT2D eigenvalue weighted by atomic mass is 35.5. The van der Waals surface area contributed by atoms with Gasteiger partial charge in [-0.1, -0.05) is 70.7 Å². The van der Waals surface area contributed by atoms with Crippen LogP contribution in [0.3, 0.4) is 0 Å². The summed E-state index contributed by atoms with van der Waals surface area (Å²) in [5.41, 5.74) is 2.11. The van der Waals surface area contributed by atoms with Crippen LogP contribution in [-0.2, 0) is 0 Å². The molecule has 0 saturated heterocycles. The first-order valence-corrected chi connectivity index (χ1v) is 11.4. The largest absolute Gasteiger partial charge is 0.323 e. The van der Waals surface area contributed by atoms with Crippen LogP contribution in [0.4, 0.5) is 32.3 Å². The van der Waals surface area contributed by atoms with Crippen molar-refractivity contribution in [3.05, 3.63) is 92.9 Å². The van der Waals surface area contributed by atoms with Crippen molar-refractivity contribution >= 4 is 92.0 Å². The Labute approximate surface area is 215 Å². The molecule has 0 aliphatic heterocycles. The number of halogens is 4. The molecule has 0 aliphatic rings. The number of nitrogens with one attached hydrogen (secondary N) is 4. The molecule has 34 heavy (non-hydrogen) atoms. The van der Waals surface area contributed by atoms with Crippen molar-refractivity contribution in [3.8, 4) is 0 Å². The zero-order valence-corrected chi connectivity index (χ0v) is 20.3. The summed E-state index contributed by atoms with van der Waals surface area (Å²) in [7, 11) is 0. The Hall–Kier alpha value is -3.16. The minimum atomic E-state index is -0.457. The number of benzene rings is 4. The Balaban J connectivity index is 1.51. The van der Waals surface area contributed by atoms with Crippen molar-refractivity contribution in [2.24, 2.45) is 0 Å². The molecule has 0 aromatic heterocycles. The van der Waals surface area contributed by atoms with Gasteiger partial charge in [0, 0.05) is 22.1 Å². The number of rotatable bonds is 4. The highest BCUT2D eigenvalue weighted by Crippen LogP contribution is 2.30. The van der Waals surface area contributed by atoms with E-state index in [0.29, 0.717) is 42.8 Å². The van der Waals surface area contributed by atoms with Crippen LogP contribution < -0.4 is 21.3 Å². The van der Waals surface area contributed by atoms with Gasteiger partial charge in [0.05, 0.1) is 31.5 Å². The van der Waals surface area contributed by atoms with Gasteiger partial charge >= 0.3 is 12.1 Å². The smallest absolute Gasteiger partial charge is 0.308 e. The number of carbonyl (C=O) groups is 2. The van der Waals surface area contributed by atoms with E-state index >= 15 is 0 Å². The Morgan fingerprint density at radius 1 is 0.500 bits per heavy atom. The summed E-state index contributed by atoms with van der Waals surface area (Å²) in [5, 5.41) is 14.0. The minimum absolute atomic E-state index is 0.333. The maximum absolute atomic E-state index is 12.5. The first kappa shape index (κ1) is 24.0. The highest BCUT2D eigenvalue weighted by molar-refractivity contribution is 6.42. The molecule has 0 radical (unpaired) electrons. The van der Waals surface area contributed by atoms with E-state index in [9.17, 15) is 9.59 Å². The number of urea groups is 2. The Bertz CT molecular complexity index is 1300. The number of amides is 4. The third-order valence-corrected chi connectivity index (χ3v) is 6.25. The third kappa shape index (κ3) is 5.66. The fraction of sp³-hybridized carbons (Fsp3) is 0. The van der Waals surface area contributed by atoms with Gasteiger partial charge in [-0.2, -0.15) is 0 Å². The van der Waals surface area contributed by atoms with Crippen LogP contribution in [0.15, 0.2) is 72.8 Å². The van der Waals surface area contributed by atoms with Crippen molar-refractivity contribution in [1.29, 1.82) is 0 Å². The Kier molecular flexibility index (Phi) is 7.34. The normalized spacial score (nSPS) is 10.6. The first-order chi connectivity index (χ1) is 16.3. The van der Waals surface area contributed by atoms with Gasteiger partial charge in [0.25, 0.3) is 0 Å². The fourth-order valence-corrected chi connectivity index (χ4v) is 3.84. The maximum atomic E-state index is 12.5. The van der Waals surface area contributed by atoms with Gasteiger partial charge in [0.15, 0.2) is 0 Å². The molecule has 0 unspecified atom stereocenters. The van der Waals surface area contributed by atoms with Gasteiger partial charge in [0.2, 0.25) is 0 Å². The topological polar surface area (TPSA) is 82.3 Å². The summed E-state index contributed by atoms with van der Waals surface area (Å²) < 4.78 is 0. The monoisotopic (exact) mass is 532 g/mol. The lowest BCUT2D eigenvalue weighted by Gasteiger charge is -2.14. The zero-order chi connectivity index (χ0) is 24.2. The molecule has 0 atom stereocenters. The van der Waals surface area contributed by atoms with Gasteiger partial charge in [0.1, 0.15) is 0 Å². The number of hydrogen-bond acceptors (Lipinski definition) is 2. The maximum Gasteiger partial charge on any atom is 0.323 e. The van der Waals surface area contributed by atoms with Crippen LogP contribution in [0, 0.1) is 0 Å². The molecule has 0 heterocycles. The SMILES string of the molecule is O=C(Nc1ccc(Cl)c(Cl)c1)Nc1cccc2c(NC(=O)Nc3ccc(Cl)c(Cl)c3)cccc12. The lowest BCUT2D eigenvalue weighted by Crippen LogP contribution is -2.20. The highest BCUT2D eigenvalue weighted by Gasteiger charge is 2.11. The second-order valence-electron chi connectivity index (χ2n) is 7.12. The molecule has 6 nitrogen and oxygen atoms in total. The molecular weight excluding hydrogens is 518 g/mol. The van der Waals surface area contributed by atoms with Gasteiger partial charge in [-0.15, -0.1) is 0 Å². The summed E-state index contributed by atoms with van der Waals surface area (Å²) in [6.45, 7) is 0. The molecule has 0 spiro atoms. The number of fused-ring (bicyclic) bond motifs is 1. The molecule has 0 aliphatic carbocycles. The van der Waals surface area contributed by atoms with Crippen LogP contribution in [-0.4, -0.2) is 12.1 Å². The molecule has 4 N–H and O–H groups in total. The second kappa shape index (κ2) is 10.4. The molecular formula is C24H16Cl4N4O2. The van der Waals surface area contributed by atoms with Crippen molar-refractivity contribution in [2.75, 3.05) is 21.3 Å².